The Morgan fingerprint density at radius 1 is 0.636 bits per heavy atom. The Labute approximate surface area is 120 Å². The van der Waals surface area contributed by atoms with Gasteiger partial charge in [0.2, 0.25) is 0 Å². The fourth-order valence-electron chi connectivity index (χ4n) is 2.04. The van der Waals surface area contributed by atoms with E-state index in [9.17, 15) is 22.0 Å². The van der Waals surface area contributed by atoms with Gasteiger partial charge in [-0.05, 0) is 0 Å². The summed E-state index contributed by atoms with van der Waals surface area (Å²) in [5.41, 5.74) is -3.51. The van der Waals surface area contributed by atoms with E-state index >= 15 is 0 Å². The molecule has 108 valence electrons. The Morgan fingerprint density at radius 3 is 1.73 bits per heavy atom. The van der Waals surface area contributed by atoms with E-state index in [1.807, 2.05) is 0 Å². The summed E-state index contributed by atoms with van der Waals surface area (Å²) in [5, 5.41) is 23.5. The highest BCUT2D eigenvalue weighted by Crippen LogP contribution is 2.35. The molecule has 22 heavy (non-hydrogen) atoms. The summed E-state index contributed by atoms with van der Waals surface area (Å²) in [6.45, 7) is 0. The van der Waals surface area contributed by atoms with Gasteiger partial charge in [0.15, 0.2) is 23.3 Å². The van der Waals surface area contributed by atoms with Crippen molar-refractivity contribution in [3.63, 3.8) is 0 Å². The van der Waals surface area contributed by atoms with Crippen molar-refractivity contribution in [1.29, 1.82) is 15.8 Å². The van der Waals surface area contributed by atoms with Crippen molar-refractivity contribution in [3.05, 3.63) is 45.8 Å². The Kier molecular flexibility index (Phi) is 3.67. The predicted octanol–water partition coefficient (Wildman–Crippen LogP) is 3.34. The van der Waals surface area contributed by atoms with Gasteiger partial charge in [-0.15, -0.1) is 0 Å². The zero-order chi connectivity index (χ0) is 16.6. The van der Waals surface area contributed by atoms with E-state index in [0.717, 1.165) is 6.07 Å². The van der Waals surface area contributed by atoms with E-state index < -0.39 is 63.0 Å². The standard InChI is InChI=1S/C14H2F5N3/c15-10-6(3-21)8-9(12(17)7(10)4-22)14(19)13(18)5(1-2-20)11(8)16/h1H2. The van der Waals surface area contributed by atoms with E-state index in [-0.39, 0.29) is 0 Å². The SMILES string of the molecule is N#CCc1c(F)c(F)c2c(F)c(C#N)c(F)c(C#N)c2c1F. The molecule has 0 aliphatic carbocycles. The lowest BCUT2D eigenvalue weighted by molar-refractivity contribution is 0.488. The maximum absolute atomic E-state index is 14.2. The number of rotatable bonds is 1. The molecule has 0 radical (unpaired) electrons. The Balaban J connectivity index is 3.24. The van der Waals surface area contributed by atoms with Crippen molar-refractivity contribution < 1.29 is 22.0 Å². The zero-order valence-corrected chi connectivity index (χ0v) is 10.4. The second-order valence-corrected chi connectivity index (χ2v) is 4.11. The molecule has 0 atom stereocenters. The van der Waals surface area contributed by atoms with Gasteiger partial charge in [-0.2, -0.15) is 15.8 Å². The van der Waals surface area contributed by atoms with Gasteiger partial charge in [0.05, 0.1) is 17.9 Å². The van der Waals surface area contributed by atoms with E-state index in [0.29, 0.717) is 0 Å². The molecule has 0 aliphatic heterocycles. The third kappa shape index (κ3) is 1.84. The molecule has 2 aromatic carbocycles. The first-order chi connectivity index (χ1) is 10.4. The van der Waals surface area contributed by atoms with Crippen LogP contribution in [0.25, 0.3) is 10.8 Å². The molecule has 0 heterocycles. The lowest BCUT2D eigenvalue weighted by Gasteiger charge is -2.11. The summed E-state index contributed by atoms with van der Waals surface area (Å²) < 4.78 is 69.7. The molecule has 0 saturated heterocycles. The van der Waals surface area contributed by atoms with Gasteiger partial charge in [0, 0.05) is 10.9 Å². The first kappa shape index (κ1) is 15.2. The third-order valence-corrected chi connectivity index (χ3v) is 3.02. The summed E-state index contributed by atoms with van der Waals surface area (Å²) in [6.07, 6.45) is -0.904. The molecule has 0 saturated carbocycles. The molecule has 8 heteroatoms. The van der Waals surface area contributed by atoms with Crippen LogP contribution in [0, 0.1) is 63.1 Å². The van der Waals surface area contributed by atoms with Gasteiger partial charge in [-0.1, -0.05) is 0 Å². The number of hydrogen-bond donors (Lipinski definition) is 0. The second-order valence-electron chi connectivity index (χ2n) is 4.11. The Morgan fingerprint density at radius 2 is 1.23 bits per heavy atom. The summed E-state index contributed by atoms with van der Waals surface area (Å²) in [7, 11) is 0. The monoisotopic (exact) mass is 307 g/mol. The van der Waals surface area contributed by atoms with Crippen LogP contribution < -0.4 is 0 Å². The van der Waals surface area contributed by atoms with Crippen molar-refractivity contribution in [3.8, 4) is 18.2 Å². The lowest BCUT2D eigenvalue weighted by Crippen LogP contribution is -2.07. The minimum atomic E-state index is -1.90. The average Bonchev–Trinajstić information content (AvgIpc) is 2.49. The van der Waals surface area contributed by atoms with Crippen LogP contribution in [0.1, 0.15) is 16.7 Å². The van der Waals surface area contributed by atoms with Gasteiger partial charge in [0.25, 0.3) is 0 Å². The largest absolute Gasteiger partial charge is 0.206 e. The third-order valence-electron chi connectivity index (χ3n) is 3.02. The number of benzene rings is 2. The minimum absolute atomic E-state index is 0.904. The molecular formula is C14H2F5N3. The van der Waals surface area contributed by atoms with Crippen LogP contribution in [0.2, 0.25) is 0 Å². The highest BCUT2D eigenvalue weighted by molar-refractivity contribution is 5.92. The van der Waals surface area contributed by atoms with Gasteiger partial charge in [0.1, 0.15) is 29.1 Å². The molecule has 0 fully saturated rings. The number of halogens is 5. The van der Waals surface area contributed by atoms with Crippen LogP contribution in [-0.4, -0.2) is 0 Å². The number of fused-ring (bicyclic) bond motifs is 1. The molecule has 0 N–H and O–H groups in total. The Bertz CT molecular complexity index is 945. The molecule has 0 amide bonds. The lowest BCUT2D eigenvalue weighted by atomic mass is 9.95. The average molecular weight is 307 g/mol. The van der Waals surface area contributed by atoms with Crippen molar-refractivity contribution in [2.24, 2.45) is 0 Å². The van der Waals surface area contributed by atoms with E-state index in [1.165, 1.54) is 12.1 Å². The molecular weight excluding hydrogens is 305 g/mol. The van der Waals surface area contributed by atoms with Crippen LogP contribution in [0.5, 0.6) is 0 Å². The van der Waals surface area contributed by atoms with Crippen LogP contribution in [-0.2, 0) is 6.42 Å². The second kappa shape index (κ2) is 5.31. The fraction of sp³-hybridized carbons (Fsp3) is 0.0714. The van der Waals surface area contributed by atoms with Gasteiger partial charge in [-0.3, -0.25) is 0 Å². The smallest absolute Gasteiger partial charge is 0.170 e. The van der Waals surface area contributed by atoms with Crippen molar-refractivity contribution >= 4 is 10.8 Å². The van der Waals surface area contributed by atoms with Crippen molar-refractivity contribution in [1.82, 2.24) is 0 Å². The maximum Gasteiger partial charge on any atom is 0.170 e. The van der Waals surface area contributed by atoms with Crippen molar-refractivity contribution in [2.45, 2.75) is 6.42 Å². The first-order valence-electron chi connectivity index (χ1n) is 5.57. The number of nitrogens with zero attached hydrogens (tertiary/aromatic N) is 3. The van der Waals surface area contributed by atoms with Crippen LogP contribution >= 0.6 is 0 Å². The highest BCUT2D eigenvalue weighted by Gasteiger charge is 2.29. The number of nitriles is 3. The molecule has 2 aromatic rings. The van der Waals surface area contributed by atoms with Gasteiger partial charge in [-0.25, -0.2) is 22.0 Å². The topological polar surface area (TPSA) is 71.4 Å². The quantitative estimate of drug-likeness (QED) is 0.599. The normalized spacial score (nSPS) is 10.1. The van der Waals surface area contributed by atoms with Crippen molar-refractivity contribution in [2.75, 3.05) is 0 Å². The van der Waals surface area contributed by atoms with Gasteiger partial charge >= 0.3 is 0 Å². The molecule has 0 aromatic heterocycles. The van der Waals surface area contributed by atoms with E-state index in [1.54, 1.807) is 0 Å². The Hall–Kier alpha value is -3.18. The fourth-order valence-corrected chi connectivity index (χ4v) is 2.04. The summed E-state index contributed by atoms with van der Waals surface area (Å²) in [6, 6.07) is 3.64. The zero-order valence-electron chi connectivity index (χ0n) is 10.4. The molecule has 0 unspecified atom stereocenters. The molecule has 0 spiro atoms. The van der Waals surface area contributed by atoms with E-state index in [2.05, 4.69) is 0 Å². The van der Waals surface area contributed by atoms with Crippen LogP contribution in [0.4, 0.5) is 22.0 Å². The molecule has 0 bridgehead atoms. The highest BCUT2D eigenvalue weighted by atomic mass is 19.2. The molecule has 2 rings (SSSR count). The summed E-state index contributed by atoms with van der Waals surface area (Å²) in [5.74, 6) is -8.83. The predicted molar refractivity (Wildman–Crippen MR) is 62.5 cm³/mol. The summed E-state index contributed by atoms with van der Waals surface area (Å²) >= 11 is 0. The van der Waals surface area contributed by atoms with Crippen LogP contribution in [0.15, 0.2) is 0 Å². The first-order valence-corrected chi connectivity index (χ1v) is 5.57. The molecule has 3 nitrogen and oxygen atoms in total. The molecule has 0 aliphatic rings. The summed E-state index contributed by atoms with van der Waals surface area (Å²) in [4.78, 5) is 0. The van der Waals surface area contributed by atoms with Gasteiger partial charge < -0.3 is 0 Å². The number of hydrogen-bond acceptors (Lipinski definition) is 3. The van der Waals surface area contributed by atoms with E-state index in [4.69, 9.17) is 15.8 Å². The van der Waals surface area contributed by atoms with Crippen LogP contribution in [0.3, 0.4) is 0 Å². The maximum atomic E-state index is 14.2. The minimum Gasteiger partial charge on any atom is -0.206 e.